The number of benzene rings is 1. The third-order valence-corrected chi connectivity index (χ3v) is 5.26. The molecule has 0 N–H and O–H groups in total. The Morgan fingerprint density at radius 3 is 2.74 bits per heavy atom. The molecule has 1 fully saturated rings. The molecule has 3 heterocycles. The molecule has 6 nitrogen and oxygen atoms in total. The zero-order valence-corrected chi connectivity index (χ0v) is 15.3. The number of halogens is 1. The molecule has 1 amide bonds. The van der Waals surface area contributed by atoms with Gasteiger partial charge in [-0.05, 0) is 48.6 Å². The van der Waals surface area contributed by atoms with Gasteiger partial charge in [-0.25, -0.2) is 4.39 Å². The Morgan fingerprint density at radius 1 is 1.26 bits per heavy atom. The minimum Gasteiger partial charge on any atom is -0.484 e. The molecule has 1 aliphatic rings. The molecule has 0 spiro atoms. The molecule has 0 saturated carbocycles. The summed E-state index contributed by atoms with van der Waals surface area (Å²) >= 11 is 1.53. The topological polar surface area (TPSA) is 68.5 Å². The number of carbonyl (C=O) groups is 1. The van der Waals surface area contributed by atoms with Gasteiger partial charge in [-0.15, -0.1) is 0 Å². The first kappa shape index (κ1) is 17.7. The van der Waals surface area contributed by atoms with Gasteiger partial charge in [-0.3, -0.25) is 4.79 Å². The largest absolute Gasteiger partial charge is 0.484 e. The van der Waals surface area contributed by atoms with E-state index in [-0.39, 0.29) is 24.2 Å². The number of thiophene rings is 1. The highest BCUT2D eigenvalue weighted by Gasteiger charge is 2.27. The van der Waals surface area contributed by atoms with Gasteiger partial charge >= 0.3 is 0 Å². The van der Waals surface area contributed by atoms with Crippen LogP contribution in [0.5, 0.6) is 5.75 Å². The van der Waals surface area contributed by atoms with Crippen LogP contribution in [0.1, 0.15) is 40.8 Å². The van der Waals surface area contributed by atoms with E-state index in [0.29, 0.717) is 30.6 Å². The zero-order chi connectivity index (χ0) is 18.6. The second-order valence-electron chi connectivity index (χ2n) is 6.37. The van der Waals surface area contributed by atoms with Crippen LogP contribution in [0.4, 0.5) is 4.39 Å². The Hall–Kier alpha value is -2.74. The highest BCUT2D eigenvalue weighted by Crippen LogP contribution is 2.27. The van der Waals surface area contributed by atoms with Gasteiger partial charge in [0.25, 0.3) is 11.8 Å². The van der Waals surface area contributed by atoms with E-state index in [9.17, 15) is 9.18 Å². The van der Waals surface area contributed by atoms with Crippen LogP contribution < -0.4 is 4.74 Å². The Kier molecular flexibility index (Phi) is 5.15. The molecule has 3 aromatic rings. The highest BCUT2D eigenvalue weighted by atomic mass is 32.1. The number of hydrogen-bond acceptors (Lipinski definition) is 6. The van der Waals surface area contributed by atoms with Crippen molar-refractivity contribution < 1.29 is 18.4 Å². The average molecular weight is 387 g/mol. The van der Waals surface area contributed by atoms with Gasteiger partial charge in [0.1, 0.15) is 11.6 Å². The predicted molar refractivity (Wildman–Crippen MR) is 97.2 cm³/mol. The van der Waals surface area contributed by atoms with E-state index < -0.39 is 0 Å². The predicted octanol–water partition coefficient (Wildman–Crippen LogP) is 3.87. The van der Waals surface area contributed by atoms with Gasteiger partial charge in [0.05, 0.1) is 5.56 Å². The third-order valence-electron chi connectivity index (χ3n) is 4.58. The maximum Gasteiger partial charge on any atom is 0.264 e. The van der Waals surface area contributed by atoms with E-state index in [0.717, 1.165) is 18.4 Å². The number of ether oxygens (including phenoxy) is 1. The van der Waals surface area contributed by atoms with Crippen molar-refractivity contribution in [2.24, 2.45) is 0 Å². The number of carbonyl (C=O) groups excluding carboxylic acids is 1. The van der Waals surface area contributed by atoms with Gasteiger partial charge in [0, 0.05) is 24.4 Å². The highest BCUT2D eigenvalue weighted by molar-refractivity contribution is 7.08. The van der Waals surface area contributed by atoms with Crippen molar-refractivity contribution in [1.29, 1.82) is 0 Å². The molecule has 0 unspecified atom stereocenters. The van der Waals surface area contributed by atoms with Crippen molar-refractivity contribution in [2.45, 2.75) is 25.4 Å². The number of hydrogen-bond donors (Lipinski definition) is 0. The molecule has 0 atom stereocenters. The van der Waals surface area contributed by atoms with Crippen LogP contribution in [0, 0.1) is 5.82 Å². The zero-order valence-electron chi connectivity index (χ0n) is 14.5. The van der Waals surface area contributed by atoms with Crippen LogP contribution >= 0.6 is 11.3 Å². The number of likely N-dealkylation sites (tertiary alicyclic amines) is 1. The van der Waals surface area contributed by atoms with Crippen molar-refractivity contribution in [1.82, 2.24) is 15.0 Å². The van der Waals surface area contributed by atoms with E-state index in [1.165, 1.54) is 23.5 Å². The lowest BCUT2D eigenvalue weighted by Crippen LogP contribution is -2.37. The first-order chi connectivity index (χ1) is 13.2. The molecule has 1 aliphatic heterocycles. The summed E-state index contributed by atoms with van der Waals surface area (Å²) in [6, 6.07) is 7.62. The molecule has 140 valence electrons. The SMILES string of the molecule is O=C(c1ccsc1)N1CCC(c2noc(COc3ccc(F)cc3)n2)CC1. The van der Waals surface area contributed by atoms with Crippen LogP contribution in [0.3, 0.4) is 0 Å². The van der Waals surface area contributed by atoms with Gasteiger partial charge in [-0.2, -0.15) is 16.3 Å². The summed E-state index contributed by atoms with van der Waals surface area (Å²) in [5.74, 6) is 1.50. The van der Waals surface area contributed by atoms with E-state index in [2.05, 4.69) is 10.1 Å². The van der Waals surface area contributed by atoms with Crippen molar-refractivity contribution in [2.75, 3.05) is 13.1 Å². The Morgan fingerprint density at radius 2 is 2.04 bits per heavy atom. The fourth-order valence-electron chi connectivity index (χ4n) is 3.08. The summed E-state index contributed by atoms with van der Waals surface area (Å²) in [5, 5.41) is 7.85. The fourth-order valence-corrected chi connectivity index (χ4v) is 3.71. The Bertz CT molecular complexity index is 887. The Labute approximate surface area is 159 Å². The number of piperidine rings is 1. The molecular weight excluding hydrogens is 369 g/mol. The van der Waals surface area contributed by atoms with Crippen molar-refractivity contribution in [3.63, 3.8) is 0 Å². The summed E-state index contributed by atoms with van der Waals surface area (Å²) in [6.07, 6.45) is 1.60. The standard InChI is InChI=1S/C19H18FN3O3S/c20-15-1-3-16(4-2-15)25-11-17-21-18(22-26-17)13-5-8-23(9-6-13)19(24)14-7-10-27-12-14/h1-4,7,10,12-13H,5-6,8-9,11H2. The molecule has 1 saturated heterocycles. The molecular formula is C19H18FN3O3S. The van der Waals surface area contributed by atoms with E-state index >= 15 is 0 Å². The van der Waals surface area contributed by atoms with Gasteiger partial charge in [0.2, 0.25) is 0 Å². The quantitative estimate of drug-likeness (QED) is 0.665. The lowest BCUT2D eigenvalue weighted by Gasteiger charge is -2.30. The third kappa shape index (κ3) is 4.16. The van der Waals surface area contributed by atoms with Crippen molar-refractivity contribution in [3.05, 3.63) is 64.2 Å². The molecule has 2 aromatic heterocycles. The van der Waals surface area contributed by atoms with E-state index in [1.54, 1.807) is 12.1 Å². The molecule has 0 aliphatic carbocycles. The first-order valence-electron chi connectivity index (χ1n) is 8.71. The van der Waals surface area contributed by atoms with E-state index in [1.807, 2.05) is 21.7 Å². The summed E-state index contributed by atoms with van der Waals surface area (Å²) in [5.41, 5.74) is 0.748. The monoisotopic (exact) mass is 387 g/mol. The normalized spacial score (nSPS) is 15.1. The van der Waals surface area contributed by atoms with Crippen LogP contribution in [0.2, 0.25) is 0 Å². The first-order valence-corrected chi connectivity index (χ1v) is 9.65. The summed E-state index contributed by atoms with van der Waals surface area (Å²) in [7, 11) is 0. The second-order valence-corrected chi connectivity index (χ2v) is 7.15. The average Bonchev–Trinajstić information content (AvgIpc) is 3.39. The van der Waals surface area contributed by atoms with Gasteiger partial charge in [-0.1, -0.05) is 5.16 Å². The second kappa shape index (κ2) is 7.87. The summed E-state index contributed by atoms with van der Waals surface area (Å²) in [4.78, 5) is 18.7. The van der Waals surface area contributed by atoms with Crippen LogP contribution in [0.15, 0.2) is 45.6 Å². The Balaban J connectivity index is 1.30. The molecule has 4 rings (SSSR count). The minimum absolute atomic E-state index is 0.0798. The number of aromatic nitrogens is 2. The maximum absolute atomic E-state index is 12.9. The van der Waals surface area contributed by atoms with Crippen molar-refractivity contribution in [3.8, 4) is 5.75 Å². The minimum atomic E-state index is -0.314. The van der Waals surface area contributed by atoms with Crippen LogP contribution in [-0.2, 0) is 6.61 Å². The van der Waals surface area contributed by atoms with Crippen LogP contribution in [-0.4, -0.2) is 34.0 Å². The fraction of sp³-hybridized carbons (Fsp3) is 0.316. The molecule has 27 heavy (non-hydrogen) atoms. The maximum atomic E-state index is 12.9. The van der Waals surface area contributed by atoms with Gasteiger partial charge in [0.15, 0.2) is 12.4 Å². The summed E-state index contributed by atoms with van der Waals surface area (Å²) < 4.78 is 23.7. The van der Waals surface area contributed by atoms with E-state index in [4.69, 9.17) is 9.26 Å². The molecule has 0 bridgehead atoms. The summed E-state index contributed by atoms with van der Waals surface area (Å²) in [6.45, 7) is 1.48. The molecule has 0 radical (unpaired) electrons. The van der Waals surface area contributed by atoms with Gasteiger partial charge < -0.3 is 14.2 Å². The smallest absolute Gasteiger partial charge is 0.264 e. The lowest BCUT2D eigenvalue weighted by atomic mass is 9.96. The van der Waals surface area contributed by atoms with Crippen LogP contribution in [0.25, 0.3) is 0 Å². The molecule has 1 aromatic carbocycles. The number of nitrogens with zero attached hydrogens (tertiary/aromatic N) is 3. The molecule has 8 heteroatoms. The van der Waals surface area contributed by atoms with Crippen molar-refractivity contribution >= 4 is 17.2 Å². The lowest BCUT2D eigenvalue weighted by molar-refractivity contribution is 0.0711. The number of rotatable bonds is 5. The number of amides is 1.